The predicted molar refractivity (Wildman–Crippen MR) is 124 cm³/mol. The Morgan fingerprint density at radius 1 is 1.16 bits per heavy atom. The zero-order valence-electron chi connectivity index (χ0n) is 17.1. The number of hydrogen-bond acceptors (Lipinski definition) is 4. The van der Waals surface area contributed by atoms with Gasteiger partial charge in [0.2, 0.25) is 5.82 Å². The van der Waals surface area contributed by atoms with Gasteiger partial charge in [-0.3, -0.25) is 4.98 Å². The third-order valence-electron chi connectivity index (χ3n) is 5.42. The molecular weight excluding hydrogens is 461 g/mol. The van der Waals surface area contributed by atoms with Gasteiger partial charge in [0.05, 0.1) is 18.3 Å². The number of hydrogen-bond donors (Lipinski definition) is 2. The number of nitrogens with one attached hydrogen (secondary N) is 2. The molecule has 10 heteroatoms. The molecule has 1 aliphatic rings. The standard InChI is InChI=1S/C22H20ClF3N4OS/c1-31-21-17(11-15(24)19(25)20(21)26)29-22(32)28-13-5-8-30(9-6-13)18-4-7-27-16-10-12(23)2-3-14(16)18/h2-4,7,10-11,13H,5-6,8-9H2,1H3,(H2,28,29,32). The van der Waals surface area contributed by atoms with Gasteiger partial charge in [-0.15, -0.1) is 0 Å². The van der Waals surface area contributed by atoms with Crippen LogP contribution in [0.2, 0.25) is 5.02 Å². The van der Waals surface area contributed by atoms with Gasteiger partial charge in [-0.1, -0.05) is 11.6 Å². The van der Waals surface area contributed by atoms with Gasteiger partial charge in [-0.25, -0.2) is 8.78 Å². The molecule has 4 rings (SSSR count). The number of rotatable bonds is 4. The normalized spacial score (nSPS) is 14.5. The van der Waals surface area contributed by atoms with E-state index in [1.807, 2.05) is 24.3 Å². The number of benzene rings is 2. The quantitative estimate of drug-likeness (QED) is 0.392. The highest BCUT2D eigenvalue weighted by Crippen LogP contribution is 2.32. The average molecular weight is 481 g/mol. The molecule has 0 saturated carbocycles. The fraction of sp³-hybridized carbons (Fsp3) is 0.273. The summed E-state index contributed by atoms with van der Waals surface area (Å²) in [6.45, 7) is 1.57. The van der Waals surface area contributed by atoms with E-state index in [4.69, 9.17) is 28.6 Å². The van der Waals surface area contributed by atoms with E-state index in [2.05, 4.69) is 20.5 Å². The number of aromatic nitrogens is 1. The molecule has 1 aliphatic heterocycles. The summed E-state index contributed by atoms with van der Waals surface area (Å²) < 4.78 is 45.8. The van der Waals surface area contributed by atoms with Crippen molar-refractivity contribution in [2.24, 2.45) is 0 Å². The molecule has 0 aliphatic carbocycles. The highest BCUT2D eigenvalue weighted by molar-refractivity contribution is 7.80. The number of halogens is 4. The summed E-state index contributed by atoms with van der Waals surface area (Å²) in [5.41, 5.74) is 1.85. The number of anilines is 2. The number of thiocarbonyl (C=S) groups is 1. The largest absolute Gasteiger partial charge is 0.491 e. The van der Waals surface area contributed by atoms with Crippen molar-refractivity contribution in [3.63, 3.8) is 0 Å². The zero-order valence-corrected chi connectivity index (χ0v) is 18.7. The Balaban J connectivity index is 1.39. The molecule has 2 aromatic carbocycles. The second kappa shape index (κ2) is 9.38. The number of methoxy groups -OCH3 is 1. The van der Waals surface area contributed by atoms with Crippen molar-refractivity contribution in [1.82, 2.24) is 10.3 Å². The number of ether oxygens (including phenoxy) is 1. The third kappa shape index (κ3) is 4.54. The van der Waals surface area contributed by atoms with E-state index in [0.29, 0.717) is 5.02 Å². The van der Waals surface area contributed by atoms with Crippen molar-refractivity contribution in [2.75, 3.05) is 30.4 Å². The molecule has 32 heavy (non-hydrogen) atoms. The van der Waals surface area contributed by atoms with Crippen molar-refractivity contribution in [3.8, 4) is 5.75 Å². The third-order valence-corrected chi connectivity index (χ3v) is 5.88. The minimum atomic E-state index is -1.59. The molecule has 1 fully saturated rings. The fourth-order valence-corrected chi connectivity index (χ4v) is 4.30. The summed E-state index contributed by atoms with van der Waals surface area (Å²) in [7, 11) is 1.17. The van der Waals surface area contributed by atoms with E-state index in [-0.39, 0.29) is 16.8 Å². The Morgan fingerprint density at radius 2 is 1.91 bits per heavy atom. The Bertz CT molecular complexity index is 1170. The van der Waals surface area contributed by atoms with Crippen LogP contribution in [-0.2, 0) is 0 Å². The molecule has 0 unspecified atom stereocenters. The van der Waals surface area contributed by atoms with Gasteiger partial charge in [0.25, 0.3) is 0 Å². The van der Waals surface area contributed by atoms with E-state index < -0.39 is 23.2 Å². The molecule has 5 nitrogen and oxygen atoms in total. The highest BCUT2D eigenvalue weighted by Gasteiger charge is 2.23. The summed E-state index contributed by atoms with van der Waals surface area (Å²) >= 11 is 11.4. The van der Waals surface area contributed by atoms with Crippen LogP contribution in [0, 0.1) is 17.5 Å². The van der Waals surface area contributed by atoms with Crippen LogP contribution in [0.25, 0.3) is 10.9 Å². The topological polar surface area (TPSA) is 49.4 Å². The zero-order chi connectivity index (χ0) is 22.8. The average Bonchev–Trinajstić information content (AvgIpc) is 2.77. The van der Waals surface area contributed by atoms with Gasteiger partial charge >= 0.3 is 0 Å². The first-order chi connectivity index (χ1) is 15.4. The summed E-state index contributed by atoms with van der Waals surface area (Å²) in [6.07, 6.45) is 3.36. The van der Waals surface area contributed by atoms with E-state index in [1.165, 1.54) is 7.11 Å². The molecule has 0 atom stereocenters. The molecule has 0 spiro atoms. The Labute approximate surface area is 193 Å². The fourth-order valence-electron chi connectivity index (χ4n) is 3.86. The predicted octanol–water partition coefficient (Wildman–Crippen LogP) is 5.27. The van der Waals surface area contributed by atoms with Crippen molar-refractivity contribution in [1.29, 1.82) is 0 Å². The number of piperidine rings is 1. The van der Waals surface area contributed by atoms with Crippen LogP contribution in [0.5, 0.6) is 5.75 Å². The van der Waals surface area contributed by atoms with E-state index in [1.54, 1.807) is 6.20 Å². The molecule has 1 saturated heterocycles. The van der Waals surface area contributed by atoms with E-state index in [0.717, 1.165) is 48.6 Å². The van der Waals surface area contributed by atoms with E-state index in [9.17, 15) is 13.2 Å². The van der Waals surface area contributed by atoms with Gasteiger partial charge in [-0.05, 0) is 49.3 Å². The second-order valence-electron chi connectivity index (χ2n) is 7.42. The lowest BCUT2D eigenvalue weighted by atomic mass is 10.0. The van der Waals surface area contributed by atoms with Crippen molar-refractivity contribution in [3.05, 3.63) is 59.0 Å². The van der Waals surface area contributed by atoms with Crippen LogP contribution in [0.3, 0.4) is 0 Å². The number of pyridine rings is 1. The maximum absolute atomic E-state index is 13.9. The van der Waals surface area contributed by atoms with Crippen LogP contribution < -0.4 is 20.3 Å². The lowest BCUT2D eigenvalue weighted by Crippen LogP contribution is -2.46. The molecule has 0 amide bonds. The van der Waals surface area contributed by atoms with Crippen molar-refractivity contribution in [2.45, 2.75) is 18.9 Å². The molecule has 0 radical (unpaired) electrons. The number of fused-ring (bicyclic) bond motifs is 1. The molecular formula is C22H20ClF3N4OS. The molecule has 2 heterocycles. The summed E-state index contributed by atoms with van der Waals surface area (Å²) in [5.74, 6) is -4.76. The van der Waals surface area contributed by atoms with Gasteiger partial charge in [-0.2, -0.15) is 4.39 Å². The second-order valence-corrected chi connectivity index (χ2v) is 8.26. The van der Waals surface area contributed by atoms with Crippen molar-refractivity contribution < 1.29 is 17.9 Å². The lowest BCUT2D eigenvalue weighted by molar-refractivity contribution is 0.363. The maximum Gasteiger partial charge on any atom is 0.205 e. The van der Waals surface area contributed by atoms with Crippen LogP contribution in [0.1, 0.15) is 12.8 Å². The Kier molecular flexibility index (Phi) is 6.57. The molecule has 168 valence electrons. The van der Waals surface area contributed by atoms with Crippen LogP contribution in [0.15, 0.2) is 36.5 Å². The van der Waals surface area contributed by atoms with Crippen molar-refractivity contribution >= 4 is 51.2 Å². The highest BCUT2D eigenvalue weighted by atomic mass is 35.5. The van der Waals surface area contributed by atoms with E-state index >= 15 is 0 Å². The first-order valence-electron chi connectivity index (χ1n) is 9.95. The monoisotopic (exact) mass is 480 g/mol. The van der Waals surface area contributed by atoms with Crippen LogP contribution >= 0.6 is 23.8 Å². The first kappa shape index (κ1) is 22.4. The van der Waals surface area contributed by atoms with Gasteiger partial charge in [0.1, 0.15) is 0 Å². The van der Waals surface area contributed by atoms with Gasteiger partial charge < -0.3 is 20.3 Å². The Hall–Kier alpha value is -2.78. The molecule has 2 N–H and O–H groups in total. The van der Waals surface area contributed by atoms with Crippen LogP contribution in [0.4, 0.5) is 24.5 Å². The van der Waals surface area contributed by atoms with Crippen LogP contribution in [-0.4, -0.2) is 36.3 Å². The van der Waals surface area contributed by atoms with Gasteiger partial charge in [0.15, 0.2) is 22.5 Å². The minimum Gasteiger partial charge on any atom is -0.491 e. The summed E-state index contributed by atoms with van der Waals surface area (Å²) in [4.78, 5) is 6.67. The lowest BCUT2D eigenvalue weighted by Gasteiger charge is -2.35. The SMILES string of the molecule is COc1c(NC(=S)NC2CCN(c3ccnc4cc(Cl)ccc34)CC2)cc(F)c(F)c1F. The molecule has 1 aromatic heterocycles. The number of nitrogens with zero attached hydrogens (tertiary/aromatic N) is 2. The summed E-state index contributed by atoms with van der Waals surface area (Å²) in [5, 5.41) is 7.72. The summed E-state index contributed by atoms with van der Waals surface area (Å²) in [6, 6.07) is 8.53. The maximum atomic E-state index is 13.9. The van der Waals surface area contributed by atoms with Gasteiger partial charge in [0, 0.05) is 47.5 Å². The minimum absolute atomic E-state index is 0.0648. The smallest absolute Gasteiger partial charge is 0.205 e. The first-order valence-corrected chi connectivity index (χ1v) is 10.7. The molecule has 3 aromatic rings. The molecule has 0 bridgehead atoms. The Morgan fingerprint density at radius 3 is 2.62 bits per heavy atom.